The zero-order valence-corrected chi connectivity index (χ0v) is 10.1. The summed E-state index contributed by atoms with van der Waals surface area (Å²) in [5.41, 5.74) is 6.49. The predicted molar refractivity (Wildman–Crippen MR) is 64.5 cm³/mol. The first kappa shape index (κ1) is 12.9. The molecule has 0 bridgehead atoms. The maximum atomic E-state index is 10.8. The number of nitrogens with two attached hydrogens (primary N) is 1. The molecule has 0 aliphatic heterocycles. The van der Waals surface area contributed by atoms with Crippen LogP contribution >= 0.6 is 11.6 Å². The lowest BCUT2D eigenvalue weighted by Crippen LogP contribution is -2.14. The van der Waals surface area contributed by atoms with Crippen LogP contribution < -0.4 is 5.73 Å². The van der Waals surface area contributed by atoms with Crippen molar-refractivity contribution in [3.8, 4) is 0 Å². The van der Waals surface area contributed by atoms with Gasteiger partial charge in [-0.05, 0) is 24.5 Å². The molecule has 0 saturated heterocycles. The van der Waals surface area contributed by atoms with Gasteiger partial charge in [-0.2, -0.15) is 0 Å². The smallest absolute Gasteiger partial charge is 0.274 e. The molecule has 0 spiro atoms. The number of hydrogen-bond acceptors (Lipinski definition) is 3. The van der Waals surface area contributed by atoms with Crippen LogP contribution in [0.15, 0.2) is 18.2 Å². The van der Waals surface area contributed by atoms with Crippen LogP contribution in [0.4, 0.5) is 5.69 Å². The average Bonchev–Trinajstić information content (AvgIpc) is 2.15. The Morgan fingerprint density at radius 2 is 2.12 bits per heavy atom. The lowest BCUT2D eigenvalue weighted by atomic mass is 9.96. The largest absolute Gasteiger partial charge is 0.324 e. The first-order valence-corrected chi connectivity index (χ1v) is 5.49. The Bertz CT molecular complexity index is 394. The first-order valence-electron chi connectivity index (χ1n) is 5.11. The van der Waals surface area contributed by atoms with Crippen LogP contribution in [0.3, 0.4) is 0 Å². The summed E-state index contributed by atoms with van der Waals surface area (Å²) in [7, 11) is 0. The summed E-state index contributed by atoms with van der Waals surface area (Å²) in [6, 6.07) is 4.13. The van der Waals surface area contributed by atoms with Crippen molar-refractivity contribution in [1.82, 2.24) is 0 Å². The van der Waals surface area contributed by atoms with E-state index in [1.54, 1.807) is 6.07 Å². The van der Waals surface area contributed by atoms with Crippen LogP contribution in [0.25, 0.3) is 0 Å². The Hall–Kier alpha value is -1.13. The van der Waals surface area contributed by atoms with Crippen molar-refractivity contribution < 1.29 is 4.92 Å². The molecule has 0 amide bonds. The highest BCUT2D eigenvalue weighted by molar-refractivity contribution is 6.30. The zero-order valence-electron chi connectivity index (χ0n) is 9.31. The molecule has 0 heterocycles. The van der Waals surface area contributed by atoms with Crippen molar-refractivity contribution >= 4 is 17.3 Å². The van der Waals surface area contributed by atoms with E-state index in [0.717, 1.165) is 0 Å². The van der Waals surface area contributed by atoms with Crippen molar-refractivity contribution in [2.24, 2.45) is 11.7 Å². The molecule has 1 aromatic carbocycles. The summed E-state index contributed by atoms with van der Waals surface area (Å²) in [6.07, 6.45) is 0.696. The summed E-state index contributed by atoms with van der Waals surface area (Å²) >= 11 is 5.82. The van der Waals surface area contributed by atoms with Gasteiger partial charge in [-0.15, -0.1) is 0 Å². The highest BCUT2D eigenvalue weighted by atomic mass is 35.5. The maximum absolute atomic E-state index is 10.8. The molecule has 1 atom stereocenters. The molecule has 1 aromatic rings. The van der Waals surface area contributed by atoms with E-state index in [1.165, 1.54) is 12.1 Å². The first-order chi connectivity index (χ1) is 7.41. The fourth-order valence-corrected chi connectivity index (χ4v) is 1.80. The van der Waals surface area contributed by atoms with Gasteiger partial charge in [0.25, 0.3) is 5.69 Å². The Morgan fingerprint density at radius 1 is 1.50 bits per heavy atom. The molecule has 0 aromatic heterocycles. The van der Waals surface area contributed by atoms with Crippen LogP contribution in [0.5, 0.6) is 0 Å². The summed E-state index contributed by atoms with van der Waals surface area (Å²) in [5.74, 6) is 0.383. The topological polar surface area (TPSA) is 69.2 Å². The van der Waals surface area contributed by atoms with Gasteiger partial charge < -0.3 is 5.73 Å². The molecule has 0 radical (unpaired) electrons. The van der Waals surface area contributed by atoms with Crippen LogP contribution in [-0.4, -0.2) is 4.92 Å². The Labute approximate surface area is 99.6 Å². The third-order valence-electron chi connectivity index (χ3n) is 2.31. The summed E-state index contributed by atoms with van der Waals surface area (Å²) in [5, 5.41) is 11.3. The molecular formula is C11H15ClN2O2. The van der Waals surface area contributed by atoms with Gasteiger partial charge >= 0.3 is 0 Å². The third kappa shape index (κ3) is 3.18. The van der Waals surface area contributed by atoms with E-state index in [-0.39, 0.29) is 11.7 Å². The zero-order chi connectivity index (χ0) is 12.3. The molecule has 0 fully saturated rings. The number of nitro benzene ring substituents is 1. The molecule has 0 unspecified atom stereocenters. The van der Waals surface area contributed by atoms with Gasteiger partial charge in [-0.25, -0.2) is 0 Å². The maximum Gasteiger partial charge on any atom is 0.274 e. The van der Waals surface area contributed by atoms with Gasteiger partial charge in [0.1, 0.15) is 0 Å². The molecular weight excluding hydrogens is 228 g/mol. The lowest BCUT2D eigenvalue weighted by Gasteiger charge is -2.14. The van der Waals surface area contributed by atoms with Gasteiger partial charge in [0, 0.05) is 22.7 Å². The van der Waals surface area contributed by atoms with Gasteiger partial charge in [-0.1, -0.05) is 25.4 Å². The molecule has 0 aliphatic carbocycles. The van der Waals surface area contributed by atoms with E-state index in [0.29, 0.717) is 22.9 Å². The second kappa shape index (κ2) is 5.27. The van der Waals surface area contributed by atoms with Crippen molar-refractivity contribution in [3.05, 3.63) is 38.9 Å². The highest BCUT2D eigenvalue weighted by Gasteiger charge is 2.20. The molecule has 1 rings (SSSR count). The molecule has 16 heavy (non-hydrogen) atoms. The van der Waals surface area contributed by atoms with E-state index in [2.05, 4.69) is 0 Å². The van der Waals surface area contributed by atoms with E-state index in [1.807, 2.05) is 13.8 Å². The van der Waals surface area contributed by atoms with Crippen molar-refractivity contribution in [2.45, 2.75) is 26.3 Å². The molecule has 2 N–H and O–H groups in total. The summed E-state index contributed by atoms with van der Waals surface area (Å²) in [6.45, 7) is 4.05. The minimum Gasteiger partial charge on any atom is -0.324 e. The minimum absolute atomic E-state index is 0.0394. The fourth-order valence-electron chi connectivity index (χ4n) is 1.62. The third-order valence-corrected chi connectivity index (χ3v) is 2.55. The number of halogens is 1. The molecule has 0 aliphatic rings. The lowest BCUT2D eigenvalue weighted by molar-refractivity contribution is -0.385. The highest BCUT2D eigenvalue weighted by Crippen LogP contribution is 2.30. The Kier molecular flexibility index (Phi) is 4.26. The van der Waals surface area contributed by atoms with Gasteiger partial charge in [0.15, 0.2) is 0 Å². The van der Waals surface area contributed by atoms with Gasteiger partial charge in [0.05, 0.1) is 4.92 Å². The van der Waals surface area contributed by atoms with E-state index >= 15 is 0 Å². The SMILES string of the molecule is CC(C)C[C@@H](N)c1cc(Cl)ccc1[N+](=O)[O-]. The fraction of sp³-hybridized carbons (Fsp3) is 0.455. The summed E-state index contributed by atoms with van der Waals surface area (Å²) in [4.78, 5) is 10.4. The van der Waals surface area contributed by atoms with Crippen molar-refractivity contribution in [2.75, 3.05) is 0 Å². The Morgan fingerprint density at radius 3 is 2.62 bits per heavy atom. The normalized spacial score (nSPS) is 12.8. The van der Waals surface area contributed by atoms with Crippen LogP contribution in [0.2, 0.25) is 5.02 Å². The van der Waals surface area contributed by atoms with E-state index in [9.17, 15) is 10.1 Å². The van der Waals surface area contributed by atoms with Crippen LogP contribution in [0, 0.1) is 16.0 Å². The molecule has 4 nitrogen and oxygen atoms in total. The number of rotatable bonds is 4. The van der Waals surface area contributed by atoms with E-state index in [4.69, 9.17) is 17.3 Å². The molecule has 0 saturated carbocycles. The molecule has 88 valence electrons. The molecule has 5 heteroatoms. The quantitative estimate of drug-likeness (QED) is 0.651. The number of nitrogens with zero attached hydrogens (tertiary/aromatic N) is 1. The number of benzene rings is 1. The minimum atomic E-state index is -0.425. The Balaban J connectivity index is 3.09. The van der Waals surface area contributed by atoms with Gasteiger partial charge in [0.2, 0.25) is 0 Å². The number of hydrogen-bond donors (Lipinski definition) is 1. The van der Waals surface area contributed by atoms with Gasteiger partial charge in [-0.3, -0.25) is 10.1 Å². The standard InChI is InChI=1S/C11H15ClN2O2/c1-7(2)5-10(13)9-6-8(12)3-4-11(9)14(15)16/h3-4,6-7,10H,5,13H2,1-2H3/t10-/m1/s1. The van der Waals surface area contributed by atoms with E-state index < -0.39 is 4.92 Å². The number of nitro groups is 1. The van der Waals surface area contributed by atoms with Crippen molar-refractivity contribution in [3.63, 3.8) is 0 Å². The average molecular weight is 243 g/mol. The second-order valence-electron chi connectivity index (χ2n) is 4.20. The van der Waals surface area contributed by atoms with Crippen molar-refractivity contribution in [1.29, 1.82) is 0 Å². The van der Waals surface area contributed by atoms with Crippen LogP contribution in [0.1, 0.15) is 31.9 Å². The summed E-state index contributed by atoms with van der Waals surface area (Å²) < 4.78 is 0. The predicted octanol–water partition coefficient (Wildman–Crippen LogP) is 3.29. The van der Waals surface area contributed by atoms with Crippen LogP contribution in [-0.2, 0) is 0 Å². The monoisotopic (exact) mass is 242 g/mol. The second-order valence-corrected chi connectivity index (χ2v) is 4.63.